The molecule has 1 saturated heterocycles. The van der Waals surface area contributed by atoms with Crippen LogP contribution in [0.3, 0.4) is 0 Å². The second-order valence-electron chi connectivity index (χ2n) is 16.6. The number of hydrogen-bond acceptors (Lipinski definition) is 10. The molecule has 0 aromatic rings. The molecule has 1 aliphatic rings. The number of unbranched alkanes of at least 4 members (excludes halogenated alkanes) is 25. The first-order valence-electron chi connectivity index (χ1n) is 23.9. The van der Waals surface area contributed by atoms with Crippen molar-refractivity contribution < 1.29 is 49.0 Å². The summed E-state index contributed by atoms with van der Waals surface area (Å²) in [5.41, 5.74) is 0. The zero-order valence-electron chi connectivity index (χ0n) is 37.1. The molecule has 0 aromatic heterocycles. The Morgan fingerprint density at radius 2 is 0.966 bits per heavy atom. The number of esters is 2. The SMILES string of the molecule is CCCCC/C=C/C/C=C/CCCCCCCCCCCC(=O)OC[C@@H](CO[C@H]1O[C@@H](CO)[C@@H](O)C(O)C1O)OC(=O)CCCCCCCCCCCCCCCC. The van der Waals surface area contributed by atoms with Gasteiger partial charge in [-0.25, -0.2) is 0 Å². The Morgan fingerprint density at radius 1 is 0.534 bits per heavy atom. The molecule has 340 valence electrons. The third-order valence-electron chi connectivity index (χ3n) is 11.1. The van der Waals surface area contributed by atoms with Crippen molar-refractivity contribution in [1.29, 1.82) is 0 Å². The third-order valence-corrected chi connectivity index (χ3v) is 11.1. The van der Waals surface area contributed by atoms with Crippen LogP contribution in [-0.2, 0) is 28.5 Å². The zero-order valence-corrected chi connectivity index (χ0v) is 37.1. The molecule has 0 saturated carbocycles. The van der Waals surface area contributed by atoms with Gasteiger partial charge in [-0.15, -0.1) is 0 Å². The van der Waals surface area contributed by atoms with Crippen molar-refractivity contribution in [3.8, 4) is 0 Å². The van der Waals surface area contributed by atoms with Crippen LogP contribution in [-0.4, -0.2) is 89.0 Å². The van der Waals surface area contributed by atoms with E-state index in [1.54, 1.807) is 0 Å². The third kappa shape index (κ3) is 30.2. The number of hydrogen-bond donors (Lipinski definition) is 4. The van der Waals surface area contributed by atoms with Crippen molar-refractivity contribution in [3.63, 3.8) is 0 Å². The Bertz CT molecular complexity index is 1000. The maximum Gasteiger partial charge on any atom is 0.306 e. The summed E-state index contributed by atoms with van der Waals surface area (Å²) < 4.78 is 22.2. The predicted molar refractivity (Wildman–Crippen MR) is 233 cm³/mol. The van der Waals surface area contributed by atoms with Crippen LogP contribution in [0, 0.1) is 0 Å². The van der Waals surface area contributed by atoms with E-state index in [2.05, 4.69) is 38.2 Å². The number of carbonyl (C=O) groups excluding carboxylic acids is 2. The highest BCUT2D eigenvalue weighted by atomic mass is 16.7. The smallest absolute Gasteiger partial charge is 0.306 e. The summed E-state index contributed by atoms with van der Waals surface area (Å²) in [7, 11) is 0. The second-order valence-corrected chi connectivity index (χ2v) is 16.6. The van der Waals surface area contributed by atoms with Gasteiger partial charge in [0, 0.05) is 12.8 Å². The number of rotatable bonds is 40. The van der Waals surface area contributed by atoms with Crippen molar-refractivity contribution in [2.45, 2.75) is 250 Å². The molecule has 1 fully saturated rings. The molecule has 2 unspecified atom stereocenters. The van der Waals surface area contributed by atoms with Gasteiger partial charge in [-0.05, 0) is 44.9 Å². The summed E-state index contributed by atoms with van der Waals surface area (Å²) in [6.45, 7) is 3.41. The van der Waals surface area contributed by atoms with Crippen LogP contribution >= 0.6 is 0 Å². The van der Waals surface area contributed by atoms with Crippen molar-refractivity contribution in [2.24, 2.45) is 0 Å². The first-order valence-corrected chi connectivity index (χ1v) is 23.9. The van der Waals surface area contributed by atoms with Gasteiger partial charge < -0.3 is 39.4 Å². The van der Waals surface area contributed by atoms with Crippen LogP contribution in [0.15, 0.2) is 24.3 Å². The van der Waals surface area contributed by atoms with Crippen molar-refractivity contribution >= 4 is 11.9 Å². The lowest BCUT2D eigenvalue weighted by molar-refractivity contribution is -0.305. The molecule has 10 nitrogen and oxygen atoms in total. The minimum absolute atomic E-state index is 0.216. The molecule has 0 spiro atoms. The number of carbonyl (C=O) groups is 2. The minimum Gasteiger partial charge on any atom is -0.462 e. The maximum atomic E-state index is 12.8. The molecule has 4 N–H and O–H groups in total. The lowest BCUT2D eigenvalue weighted by Crippen LogP contribution is -2.59. The zero-order chi connectivity index (χ0) is 42.3. The summed E-state index contributed by atoms with van der Waals surface area (Å²) in [5, 5.41) is 40.1. The Kier molecular flexibility index (Phi) is 36.7. The molecular formula is C48H88O10. The van der Waals surface area contributed by atoms with E-state index in [1.807, 2.05) is 0 Å². The molecule has 0 aromatic carbocycles. The Balaban J connectivity index is 2.28. The highest BCUT2D eigenvalue weighted by Gasteiger charge is 2.44. The quantitative estimate of drug-likeness (QED) is 0.0267. The van der Waals surface area contributed by atoms with E-state index in [0.29, 0.717) is 6.42 Å². The highest BCUT2D eigenvalue weighted by Crippen LogP contribution is 2.23. The van der Waals surface area contributed by atoms with Crippen molar-refractivity contribution in [2.75, 3.05) is 19.8 Å². The topological polar surface area (TPSA) is 152 Å². The fraction of sp³-hybridized carbons (Fsp3) is 0.875. The maximum absolute atomic E-state index is 12.8. The van der Waals surface area contributed by atoms with E-state index in [1.165, 1.54) is 122 Å². The number of allylic oxidation sites excluding steroid dienone is 4. The van der Waals surface area contributed by atoms with Crippen molar-refractivity contribution in [1.82, 2.24) is 0 Å². The number of aliphatic hydroxyl groups is 4. The Labute approximate surface area is 353 Å². The molecule has 1 aliphatic heterocycles. The predicted octanol–water partition coefficient (Wildman–Crippen LogP) is 10.5. The van der Waals surface area contributed by atoms with Crippen molar-refractivity contribution in [3.05, 3.63) is 24.3 Å². The van der Waals surface area contributed by atoms with Gasteiger partial charge in [0.15, 0.2) is 12.4 Å². The second kappa shape index (κ2) is 39.3. The molecular weight excluding hydrogens is 737 g/mol. The van der Waals surface area contributed by atoms with Gasteiger partial charge in [0.05, 0.1) is 13.2 Å². The van der Waals surface area contributed by atoms with E-state index in [4.69, 9.17) is 18.9 Å². The van der Waals surface area contributed by atoms with E-state index in [-0.39, 0.29) is 32.0 Å². The molecule has 0 aliphatic carbocycles. The van der Waals surface area contributed by atoms with Crippen LogP contribution in [0.2, 0.25) is 0 Å². The van der Waals surface area contributed by atoms with Crippen LogP contribution in [0.25, 0.3) is 0 Å². The van der Waals surface area contributed by atoms with E-state index < -0.39 is 49.4 Å². The lowest BCUT2D eigenvalue weighted by atomic mass is 9.99. The molecule has 0 amide bonds. The normalized spacial score (nSPS) is 20.3. The van der Waals surface area contributed by atoms with E-state index in [0.717, 1.165) is 57.8 Å². The molecule has 1 heterocycles. The van der Waals surface area contributed by atoms with Crippen LogP contribution < -0.4 is 0 Å². The lowest BCUT2D eigenvalue weighted by Gasteiger charge is -2.39. The average molecular weight is 825 g/mol. The summed E-state index contributed by atoms with van der Waals surface area (Å²) in [4.78, 5) is 25.4. The average Bonchev–Trinajstić information content (AvgIpc) is 3.22. The largest absolute Gasteiger partial charge is 0.462 e. The highest BCUT2D eigenvalue weighted by molar-refractivity contribution is 5.70. The first-order chi connectivity index (χ1) is 28.3. The molecule has 0 bridgehead atoms. The van der Waals surface area contributed by atoms with Crippen LogP contribution in [0.5, 0.6) is 0 Å². The monoisotopic (exact) mass is 825 g/mol. The summed E-state index contributed by atoms with van der Waals surface area (Å²) >= 11 is 0. The summed E-state index contributed by atoms with van der Waals surface area (Å²) in [5.74, 6) is -0.802. The fourth-order valence-electron chi connectivity index (χ4n) is 7.28. The number of ether oxygens (including phenoxy) is 4. The minimum atomic E-state index is -1.59. The van der Waals surface area contributed by atoms with Gasteiger partial charge in [0.25, 0.3) is 0 Å². The van der Waals surface area contributed by atoms with Gasteiger partial charge in [0.2, 0.25) is 0 Å². The Morgan fingerprint density at radius 3 is 1.47 bits per heavy atom. The molecule has 0 radical (unpaired) electrons. The molecule has 10 heteroatoms. The molecule has 6 atom stereocenters. The Hall–Kier alpha value is -1.82. The molecule has 58 heavy (non-hydrogen) atoms. The standard InChI is InChI=1S/C48H88O10/c1-3-5-7-9-11-13-15-17-19-20-21-22-23-25-26-28-30-32-34-36-43(50)55-39-41(40-56-48-47(54)46(53)45(52)42(38-49)58-48)57-44(51)37-35-33-31-29-27-24-18-16-14-12-10-8-6-4-2/h11,13,17,19,41-42,45-49,52-54H,3-10,12,14-16,18,20-40H2,1-2H3/b13-11+,19-17+/t41-,42-,45+,46?,47?,48-/m0/s1. The number of aliphatic hydroxyl groups excluding tert-OH is 4. The summed E-state index contributed by atoms with van der Waals surface area (Å²) in [6.07, 6.45) is 36.1. The molecule has 1 rings (SSSR count). The van der Waals surface area contributed by atoms with Gasteiger partial charge in [0.1, 0.15) is 31.0 Å². The fourth-order valence-corrected chi connectivity index (χ4v) is 7.28. The van der Waals surface area contributed by atoms with Crippen LogP contribution in [0.1, 0.15) is 213 Å². The first kappa shape index (κ1) is 54.2. The van der Waals surface area contributed by atoms with Gasteiger partial charge >= 0.3 is 11.9 Å². The summed E-state index contributed by atoms with van der Waals surface area (Å²) in [6, 6.07) is 0. The van der Waals surface area contributed by atoms with Gasteiger partial charge in [-0.2, -0.15) is 0 Å². The van der Waals surface area contributed by atoms with Crippen LogP contribution in [0.4, 0.5) is 0 Å². The van der Waals surface area contributed by atoms with Gasteiger partial charge in [-0.1, -0.05) is 179 Å². The van der Waals surface area contributed by atoms with E-state index in [9.17, 15) is 30.0 Å². The van der Waals surface area contributed by atoms with Gasteiger partial charge in [-0.3, -0.25) is 9.59 Å². The van der Waals surface area contributed by atoms with E-state index >= 15 is 0 Å².